The molecular formula is C16H31F3IN5O2. The van der Waals surface area contributed by atoms with Crippen LogP contribution in [0.1, 0.15) is 27.2 Å². The third-order valence-electron chi connectivity index (χ3n) is 3.56. The molecule has 11 heteroatoms. The summed E-state index contributed by atoms with van der Waals surface area (Å²) in [6.45, 7) is 6.41. The highest BCUT2D eigenvalue weighted by atomic mass is 127. The van der Waals surface area contributed by atoms with Crippen molar-refractivity contribution in [2.75, 3.05) is 46.8 Å². The topological polar surface area (TPSA) is 69.2 Å². The van der Waals surface area contributed by atoms with Crippen LogP contribution in [0.2, 0.25) is 0 Å². The maximum atomic E-state index is 12.2. The number of halogens is 4. The first-order valence-corrected chi connectivity index (χ1v) is 8.60. The Bertz CT molecular complexity index is 491. The summed E-state index contributed by atoms with van der Waals surface area (Å²) >= 11 is 0. The quantitative estimate of drug-likeness (QED) is 0.249. The molecule has 1 aliphatic rings. The maximum absolute atomic E-state index is 12.2. The number of ether oxygens (including phenoxy) is 1. The fourth-order valence-corrected chi connectivity index (χ4v) is 2.37. The van der Waals surface area contributed by atoms with Crippen molar-refractivity contribution >= 4 is 36.0 Å². The molecule has 2 N–H and O–H groups in total. The number of carbonyl (C=O) groups excluding carboxylic acids is 1. The molecule has 0 aromatic carbocycles. The molecule has 1 saturated heterocycles. The number of nitrogens with one attached hydrogen (secondary N) is 2. The molecule has 0 radical (unpaired) electrons. The zero-order valence-electron chi connectivity index (χ0n) is 16.5. The lowest BCUT2D eigenvalue weighted by Crippen LogP contribution is -2.63. The van der Waals surface area contributed by atoms with Gasteiger partial charge in [-0.05, 0) is 40.8 Å². The summed E-state index contributed by atoms with van der Waals surface area (Å²) in [5, 5.41) is 6.24. The highest BCUT2D eigenvalue weighted by Crippen LogP contribution is 2.16. The second-order valence-electron chi connectivity index (χ2n) is 7.43. The number of hydrogen-bond acceptors (Lipinski definition) is 4. The van der Waals surface area contributed by atoms with Crippen molar-refractivity contribution in [2.45, 2.75) is 45.0 Å². The number of likely N-dealkylation sites (tertiary alicyclic amines) is 1. The number of rotatable bonds is 6. The first kappa shape index (κ1) is 26.0. The van der Waals surface area contributed by atoms with E-state index >= 15 is 0 Å². The van der Waals surface area contributed by atoms with Crippen molar-refractivity contribution in [3.05, 3.63) is 0 Å². The third-order valence-corrected chi connectivity index (χ3v) is 3.56. The molecule has 0 aromatic rings. The molecule has 0 unspecified atom stereocenters. The van der Waals surface area contributed by atoms with Gasteiger partial charge in [-0.25, -0.2) is 4.79 Å². The van der Waals surface area contributed by atoms with Gasteiger partial charge in [0.1, 0.15) is 5.60 Å². The number of carbonyl (C=O) groups is 1. The minimum absolute atomic E-state index is 0. The van der Waals surface area contributed by atoms with Crippen LogP contribution in [0.4, 0.5) is 18.0 Å². The molecule has 160 valence electrons. The van der Waals surface area contributed by atoms with E-state index in [2.05, 4.69) is 15.6 Å². The SMILES string of the molecule is CN=C(NCCCN(C)CC(F)(F)F)NC1CN(C(=O)OC(C)(C)C)C1.I. The van der Waals surface area contributed by atoms with Crippen molar-refractivity contribution in [3.63, 3.8) is 0 Å². The van der Waals surface area contributed by atoms with E-state index in [9.17, 15) is 18.0 Å². The van der Waals surface area contributed by atoms with Gasteiger partial charge in [0.25, 0.3) is 0 Å². The van der Waals surface area contributed by atoms with Gasteiger partial charge in [0, 0.05) is 26.7 Å². The van der Waals surface area contributed by atoms with Crippen LogP contribution in [0.25, 0.3) is 0 Å². The summed E-state index contributed by atoms with van der Waals surface area (Å²) in [5.41, 5.74) is -0.521. The van der Waals surface area contributed by atoms with Crippen LogP contribution >= 0.6 is 24.0 Å². The molecule has 0 aliphatic carbocycles. The molecule has 1 rings (SSSR count). The summed E-state index contributed by atoms with van der Waals surface area (Å²) in [7, 11) is 3.07. The first-order valence-electron chi connectivity index (χ1n) is 8.60. The van der Waals surface area contributed by atoms with Gasteiger partial charge in [-0.15, -0.1) is 24.0 Å². The molecule has 1 aliphatic heterocycles. The number of hydrogen-bond donors (Lipinski definition) is 2. The van der Waals surface area contributed by atoms with Gasteiger partial charge < -0.3 is 20.3 Å². The number of nitrogens with zero attached hydrogens (tertiary/aromatic N) is 3. The monoisotopic (exact) mass is 509 g/mol. The minimum Gasteiger partial charge on any atom is -0.444 e. The van der Waals surface area contributed by atoms with Gasteiger partial charge in [-0.1, -0.05) is 0 Å². The van der Waals surface area contributed by atoms with Crippen LogP contribution in [-0.2, 0) is 4.74 Å². The molecule has 1 heterocycles. The van der Waals surface area contributed by atoms with Crippen LogP contribution in [-0.4, -0.2) is 86.5 Å². The molecule has 27 heavy (non-hydrogen) atoms. The Morgan fingerprint density at radius 2 is 1.89 bits per heavy atom. The molecule has 0 atom stereocenters. The lowest BCUT2D eigenvalue weighted by molar-refractivity contribution is -0.143. The van der Waals surface area contributed by atoms with Gasteiger partial charge in [0.2, 0.25) is 0 Å². The lowest BCUT2D eigenvalue weighted by atomic mass is 10.1. The van der Waals surface area contributed by atoms with E-state index in [0.29, 0.717) is 38.6 Å². The summed E-state index contributed by atoms with van der Waals surface area (Å²) in [6, 6.07) is 0.0709. The Morgan fingerprint density at radius 3 is 2.37 bits per heavy atom. The Kier molecular flexibility index (Phi) is 10.7. The van der Waals surface area contributed by atoms with E-state index in [1.54, 1.807) is 11.9 Å². The van der Waals surface area contributed by atoms with Crippen LogP contribution in [0.3, 0.4) is 0 Å². The molecule has 1 amide bonds. The summed E-state index contributed by atoms with van der Waals surface area (Å²) in [4.78, 5) is 18.8. The normalized spacial score (nSPS) is 15.9. The number of aliphatic imine (C=N–C) groups is 1. The van der Waals surface area contributed by atoms with E-state index in [4.69, 9.17) is 4.74 Å². The van der Waals surface area contributed by atoms with Gasteiger partial charge in [-0.2, -0.15) is 13.2 Å². The van der Waals surface area contributed by atoms with E-state index < -0.39 is 18.3 Å². The highest BCUT2D eigenvalue weighted by molar-refractivity contribution is 14.0. The smallest absolute Gasteiger partial charge is 0.410 e. The Hall–Kier alpha value is -0.980. The largest absolute Gasteiger partial charge is 0.444 e. The fraction of sp³-hybridized carbons (Fsp3) is 0.875. The second-order valence-corrected chi connectivity index (χ2v) is 7.43. The van der Waals surface area contributed by atoms with Gasteiger partial charge in [0.05, 0.1) is 12.6 Å². The molecule has 0 saturated carbocycles. The molecular weight excluding hydrogens is 478 g/mol. The van der Waals surface area contributed by atoms with E-state index in [-0.39, 0.29) is 36.1 Å². The Morgan fingerprint density at radius 1 is 1.30 bits per heavy atom. The fourth-order valence-electron chi connectivity index (χ4n) is 2.37. The number of amides is 1. The zero-order chi connectivity index (χ0) is 20.0. The molecule has 0 aromatic heterocycles. The minimum atomic E-state index is -4.18. The van der Waals surface area contributed by atoms with E-state index in [1.807, 2.05) is 20.8 Å². The maximum Gasteiger partial charge on any atom is 0.410 e. The van der Waals surface area contributed by atoms with Crippen molar-refractivity contribution < 1.29 is 22.7 Å². The van der Waals surface area contributed by atoms with Crippen LogP contribution in [0.15, 0.2) is 4.99 Å². The Balaban J connectivity index is 0.00000676. The van der Waals surface area contributed by atoms with Gasteiger partial charge in [-0.3, -0.25) is 9.89 Å². The van der Waals surface area contributed by atoms with E-state index in [0.717, 1.165) is 0 Å². The zero-order valence-corrected chi connectivity index (χ0v) is 18.9. The molecule has 7 nitrogen and oxygen atoms in total. The van der Waals surface area contributed by atoms with Gasteiger partial charge in [0.15, 0.2) is 5.96 Å². The van der Waals surface area contributed by atoms with Crippen molar-refractivity contribution in [2.24, 2.45) is 4.99 Å². The van der Waals surface area contributed by atoms with E-state index in [1.165, 1.54) is 11.9 Å². The molecule has 1 fully saturated rings. The van der Waals surface area contributed by atoms with Gasteiger partial charge >= 0.3 is 12.3 Å². The predicted octanol–water partition coefficient (Wildman–Crippen LogP) is 2.27. The second kappa shape index (κ2) is 11.1. The standard InChI is InChI=1S/C16H30F3N5O2.HI/c1-15(2,3)26-14(25)24-9-12(10-24)22-13(20-4)21-7-6-8-23(5)11-16(17,18)19;/h12H,6-11H2,1-5H3,(H2,20,21,22);1H. The average molecular weight is 509 g/mol. The first-order chi connectivity index (χ1) is 11.9. The van der Waals surface area contributed by atoms with Crippen molar-refractivity contribution in [1.29, 1.82) is 0 Å². The van der Waals surface area contributed by atoms with Crippen LogP contribution in [0, 0.1) is 0 Å². The van der Waals surface area contributed by atoms with Crippen molar-refractivity contribution in [3.8, 4) is 0 Å². The highest BCUT2D eigenvalue weighted by Gasteiger charge is 2.34. The van der Waals surface area contributed by atoms with Crippen molar-refractivity contribution in [1.82, 2.24) is 20.4 Å². The predicted molar refractivity (Wildman–Crippen MR) is 110 cm³/mol. The Labute approximate surface area is 176 Å². The average Bonchev–Trinajstić information content (AvgIpc) is 2.40. The third kappa shape index (κ3) is 11.5. The number of alkyl halides is 3. The summed E-state index contributed by atoms with van der Waals surface area (Å²) in [5.74, 6) is 0.567. The van der Waals surface area contributed by atoms with Crippen LogP contribution in [0.5, 0.6) is 0 Å². The lowest BCUT2D eigenvalue weighted by Gasteiger charge is -2.40. The van der Waals surface area contributed by atoms with Crippen LogP contribution < -0.4 is 10.6 Å². The number of guanidine groups is 1. The molecule has 0 spiro atoms. The summed E-state index contributed by atoms with van der Waals surface area (Å²) < 4.78 is 42.0. The summed E-state index contributed by atoms with van der Waals surface area (Å²) in [6.07, 6.45) is -3.96. The molecule has 0 bridgehead atoms.